The molecular formula is C29H32N2O7. The summed E-state index contributed by atoms with van der Waals surface area (Å²) in [5.74, 6) is 4.51. The Bertz CT molecular complexity index is 1240. The largest absolute Gasteiger partial charge is 0.623 e. The van der Waals surface area contributed by atoms with Crippen molar-refractivity contribution >= 4 is 23.8 Å². The van der Waals surface area contributed by atoms with Gasteiger partial charge in [0.2, 0.25) is 0 Å². The van der Waals surface area contributed by atoms with Crippen molar-refractivity contribution in [3.05, 3.63) is 92.7 Å². The maximum absolute atomic E-state index is 12.9. The summed E-state index contributed by atoms with van der Waals surface area (Å²) in [5.41, 5.74) is 0.00769. The number of nitrogens with zero attached hydrogens (tertiary/aromatic N) is 2. The van der Waals surface area contributed by atoms with Crippen LogP contribution in [0.3, 0.4) is 0 Å². The molecule has 0 saturated heterocycles. The topological polar surface area (TPSA) is 122 Å². The zero-order valence-corrected chi connectivity index (χ0v) is 22.0. The van der Waals surface area contributed by atoms with Gasteiger partial charge in [-0.2, -0.15) is 0 Å². The SMILES string of the molecule is C/C=C/CC(CC#Cc1ccccc1/C=[N+](\[O-])[C@@H](C)c1ccc([N+](=O)[O-])cc1)(C(=O)OCC)C(=O)OCC. The molecule has 0 unspecified atom stereocenters. The van der Waals surface area contributed by atoms with Gasteiger partial charge in [0.05, 0.1) is 23.7 Å². The number of hydrogen-bond acceptors (Lipinski definition) is 7. The van der Waals surface area contributed by atoms with E-state index in [9.17, 15) is 24.9 Å². The van der Waals surface area contributed by atoms with Crippen LogP contribution in [-0.4, -0.2) is 41.0 Å². The number of esters is 2. The summed E-state index contributed by atoms with van der Waals surface area (Å²) >= 11 is 0. The van der Waals surface area contributed by atoms with Crippen molar-refractivity contribution in [2.45, 2.75) is 46.6 Å². The van der Waals surface area contributed by atoms with Crippen molar-refractivity contribution < 1.29 is 28.7 Å². The summed E-state index contributed by atoms with van der Waals surface area (Å²) in [6, 6.07) is 12.2. The predicted molar refractivity (Wildman–Crippen MR) is 143 cm³/mol. The molecule has 0 aliphatic rings. The molecule has 2 aromatic rings. The van der Waals surface area contributed by atoms with Gasteiger partial charge in [0, 0.05) is 36.6 Å². The Balaban J connectivity index is 2.39. The molecule has 0 aliphatic heterocycles. The number of non-ortho nitro benzene ring substituents is 1. The summed E-state index contributed by atoms with van der Waals surface area (Å²) in [7, 11) is 0. The summed E-state index contributed by atoms with van der Waals surface area (Å²) < 4.78 is 11.2. The third-order valence-electron chi connectivity index (χ3n) is 5.84. The minimum absolute atomic E-state index is 0.0564. The molecule has 0 heterocycles. The molecule has 0 fully saturated rings. The number of nitro benzene ring substituents is 1. The van der Waals surface area contributed by atoms with E-state index in [0.717, 1.165) is 4.74 Å². The van der Waals surface area contributed by atoms with Gasteiger partial charge in [-0.15, -0.1) is 0 Å². The molecular weight excluding hydrogens is 488 g/mol. The van der Waals surface area contributed by atoms with Crippen LogP contribution in [0.2, 0.25) is 0 Å². The highest BCUT2D eigenvalue weighted by Crippen LogP contribution is 2.31. The van der Waals surface area contributed by atoms with Crippen LogP contribution < -0.4 is 0 Å². The van der Waals surface area contributed by atoms with Crippen LogP contribution in [0.15, 0.2) is 60.7 Å². The smallest absolute Gasteiger partial charge is 0.324 e. The van der Waals surface area contributed by atoms with Crippen LogP contribution in [0.1, 0.15) is 63.3 Å². The Morgan fingerprint density at radius 2 is 1.63 bits per heavy atom. The summed E-state index contributed by atoms with van der Waals surface area (Å²) in [6.07, 6.45) is 4.76. The highest BCUT2D eigenvalue weighted by atomic mass is 16.6. The second kappa shape index (κ2) is 14.3. The summed E-state index contributed by atoms with van der Waals surface area (Å²) in [4.78, 5) is 36.2. The Labute approximate surface area is 222 Å². The first-order valence-corrected chi connectivity index (χ1v) is 12.3. The van der Waals surface area contributed by atoms with Gasteiger partial charge in [-0.3, -0.25) is 19.7 Å². The van der Waals surface area contributed by atoms with Gasteiger partial charge >= 0.3 is 11.9 Å². The van der Waals surface area contributed by atoms with Gasteiger partial charge < -0.3 is 14.7 Å². The van der Waals surface area contributed by atoms with Crippen molar-refractivity contribution in [1.82, 2.24) is 0 Å². The first kappa shape index (κ1) is 29.8. The number of hydrogen-bond donors (Lipinski definition) is 0. The van der Waals surface area contributed by atoms with E-state index in [1.54, 1.807) is 76.2 Å². The maximum atomic E-state index is 12.9. The number of allylic oxidation sites excluding steroid dienone is 2. The first-order chi connectivity index (χ1) is 18.2. The Morgan fingerprint density at radius 1 is 1.03 bits per heavy atom. The van der Waals surface area contributed by atoms with Crippen molar-refractivity contribution in [2.75, 3.05) is 13.2 Å². The van der Waals surface area contributed by atoms with E-state index in [4.69, 9.17) is 9.47 Å². The zero-order chi connectivity index (χ0) is 28.1. The fourth-order valence-corrected chi connectivity index (χ4v) is 3.61. The van der Waals surface area contributed by atoms with Crippen LogP contribution in [-0.2, 0) is 19.1 Å². The molecule has 0 saturated carbocycles. The second-order valence-electron chi connectivity index (χ2n) is 8.38. The lowest BCUT2D eigenvalue weighted by molar-refractivity contribution is -0.498. The average molecular weight is 521 g/mol. The molecule has 9 nitrogen and oxygen atoms in total. The maximum Gasteiger partial charge on any atom is 0.324 e. The molecule has 38 heavy (non-hydrogen) atoms. The minimum Gasteiger partial charge on any atom is -0.623 e. The van der Waals surface area contributed by atoms with Crippen molar-refractivity contribution in [1.29, 1.82) is 0 Å². The molecule has 0 aromatic heterocycles. The number of benzene rings is 2. The van der Waals surface area contributed by atoms with Crippen LogP contribution >= 0.6 is 0 Å². The Morgan fingerprint density at radius 3 is 2.18 bits per heavy atom. The van der Waals surface area contributed by atoms with Crippen LogP contribution in [0.5, 0.6) is 0 Å². The highest BCUT2D eigenvalue weighted by molar-refractivity contribution is 6.00. The van der Waals surface area contributed by atoms with Crippen LogP contribution in [0, 0.1) is 32.6 Å². The standard InChI is InChI=1S/C29H32N2O7/c1-5-8-19-29(27(32)37-6-2,28(33)38-7-3)20-11-14-24-12-9-10-13-25(24)21-30(34)22(4)23-15-17-26(18-16-23)31(35)36/h5,8-10,12-13,15-18,21-22H,6-7,19-20H2,1-4H3/b8-5+,30-21-/t22-/m0/s1. The minimum atomic E-state index is -1.61. The number of nitro groups is 1. The lowest BCUT2D eigenvalue weighted by Crippen LogP contribution is -2.41. The molecule has 0 radical (unpaired) electrons. The van der Waals surface area contributed by atoms with E-state index < -0.39 is 28.3 Å². The summed E-state index contributed by atoms with van der Waals surface area (Å²) in [5, 5.41) is 23.8. The molecule has 200 valence electrons. The highest BCUT2D eigenvalue weighted by Gasteiger charge is 2.47. The number of ether oxygens (including phenoxy) is 2. The molecule has 0 aliphatic carbocycles. The van der Waals surface area contributed by atoms with Crippen molar-refractivity contribution in [3.8, 4) is 11.8 Å². The fourth-order valence-electron chi connectivity index (χ4n) is 3.61. The lowest BCUT2D eigenvalue weighted by Gasteiger charge is -2.26. The Hall–Kier alpha value is -4.45. The molecule has 1 atom stereocenters. The van der Waals surface area contributed by atoms with Crippen LogP contribution in [0.4, 0.5) is 5.69 Å². The normalized spacial score (nSPS) is 12.4. The molecule has 9 heteroatoms. The first-order valence-electron chi connectivity index (χ1n) is 12.3. The van der Waals surface area contributed by atoms with E-state index in [2.05, 4.69) is 11.8 Å². The predicted octanol–water partition coefficient (Wildman–Crippen LogP) is 5.11. The van der Waals surface area contributed by atoms with E-state index in [1.807, 2.05) is 0 Å². The molecule has 2 rings (SSSR count). The monoisotopic (exact) mass is 520 g/mol. The molecule has 2 aromatic carbocycles. The second-order valence-corrected chi connectivity index (χ2v) is 8.38. The quantitative estimate of drug-likeness (QED) is 0.0465. The van der Waals surface area contributed by atoms with Crippen molar-refractivity contribution in [3.63, 3.8) is 0 Å². The van der Waals surface area contributed by atoms with Gasteiger partial charge in [-0.25, -0.2) is 4.74 Å². The van der Waals surface area contributed by atoms with Crippen molar-refractivity contribution in [2.24, 2.45) is 5.41 Å². The number of carbonyl (C=O) groups is 2. The van der Waals surface area contributed by atoms with E-state index in [-0.39, 0.29) is 31.7 Å². The summed E-state index contributed by atoms with van der Waals surface area (Å²) in [6.45, 7) is 7.00. The molecule has 0 N–H and O–H groups in total. The molecule has 0 amide bonds. The van der Waals surface area contributed by atoms with Gasteiger partial charge in [0.1, 0.15) is 0 Å². The van der Waals surface area contributed by atoms with E-state index >= 15 is 0 Å². The number of hydroxylamine groups is 1. The molecule has 0 bridgehead atoms. The zero-order valence-electron chi connectivity index (χ0n) is 22.0. The van der Waals surface area contributed by atoms with Gasteiger partial charge in [-0.05, 0) is 51.5 Å². The van der Waals surface area contributed by atoms with Gasteiger partial charge in [-0.1, -0.05) is 36.1 Å². The van der Waals surface area contributed by atoms with Crippen LogP contribution in [0.25, 0.3) is 0 Å². The lowest BCUT2D eigenvalue weighted by atomic mass is 9.81. The van der Waals surface area contributed by atoms with E-state index in [0.29, 0.717) is 16.7 Å². The third-order valence-corrected chi connectivity index (χ3v) is 5.84. The average Bonchev–Trinajstić information content (AvgIpc) is 2.91. The van der Waals surface area contributed by atoms with Gasteiger partial charge in [0.25, 0.3) is 5.69 Å². The Kier molecular flexibility index (Phi) is 11.2. The fraction of sp³-hybridized carbons (Fsp3) is 0.345. The number of rotatable bonds is 11. The van der Waals surface area contributed by atoms with Gasteiger partial charge in [0.15, 0.2) is 17.7 Å². The number of carbonyl (C=O) groups excluding carboxylic acids is 2. The van der Waals surface area contributed by atoms with E-state index in [1.165, 1.54) is 18.3 Å². The molecule has 0 spiro atoms. The third kappa shape index (κ3) is 7.53.